The summed E-state index contributed by atoms with van der Waals surface area (Å²) in [6.07, 6.45) is 0.997. The number of halogens is 1. The van der Waals surface area contributed by atoms with Crippen LogP contribution in [0.2, 0.25) is 0 Å². The summed E-state index contributed by atoms with van der Waals surface area (Å²) in [6, 6.07) is 28.5. The fourth-order valence-corrected chi connectivity index (χ4v) is 3.04. The Hall–Kier alpha value is -2.51. The predicted molar refractivity (Wildman–Crippen MR) is 107 cm³/mol. The number of hydrogen-bond donors (Lipinski definition) is 0. The summed E-state index contributed by atoms with van der Waals surface area (Å²) in [4.78, 5) is 0. The highest BCUT2D eigenvalue weighted by Crippen LogP contribution is 2.35. The smallest absolute Gasteiger partial charge is 0.119 e. The van der Waals surface area contributed by atoms with Gasteiger partial charge in [0.1, 0.15) is 5.75 Å². The summed E-state index contributed by atoms with van der Waals surface area (Å²) < 4.78 is 5.69. The van der Waals surface area contributed by atoms with Crippen molar-refractivity contribution in [3.8, 4) is 5.75 Å². The molecule has 0 unspecified atom stereocenters. The van der Waals surface area contributed by atoms with Crippen molar-refractivity contribution in [2.75, 3.05) is 6.61 Å². The van der Waals surface area contributed by atoms with Crippen molar-refractivity contribution in [1.29, 1.82) is 0 Å². The number of ether oxygens (including phenoxy) is 1. The van der Waals surface area contributed by atoms with Crippen molar-refractivity contribution in [2.45, 2.75) is 13.3 Å². The summed E-state index contributed by atoms with van der Waals surface area (Å²) in [6.45, 7) is 2.83. The lowest BCUT2D eigenvalue weighted by Gasteiger charge is -2.13. The highest BCUT2D eigenvalue weighted by atomic mass is 35.5. The first-order valence-corrected chi connectivity index (χ1v) is 8.91. The van der Waals surface area contributed by atoms with E-state index >= 15 is 0 Å². The van der Waals surface area contributed by atoms with Crippen LogP contribution in [0.5, 0.6) is 5.75 Å². The summed E-state index contributed by atoms with van der Waals surface area (Å²) in [5, 5.41) is 0.744. The summed E-state index contributed by atoms with van der Waals surface area (Å²) in [7, 11) is 0. The maximum Gasteiger partial charge on any atom is 0.119 e. The normalized spacial score (nSPS) is 11.8. The minimum absolute atomic E-state index is 0.728. The third kappa shape index (κ3) is 4.32. The number of hydrogen-bond acceptors (Lipinski definition) is 1. The van der Waals surface area contributed by atoms with Gasteiger partial charge in [-0.15, -0.1) is 0 Å². The Morgan fingerprint density at radius 3 is 1.80 bits per heavy atom. The van der Waals surface area contributed by atoms with Crippen molar-refractivity contribution in [2.24, 2.45) is 0 Å². The molecule has 0 amide bonds. The molecule has 0 radical (unpaired) electrons. The maximum atomic E-state index is 6.81. The fourth-order valence-electron chi connectivity index (χ4n) is 2.69. The minimum atomic E-state index is 0.728. The molecule has 0 N–H and O–H groups in total. The molecule has 0 aliphatic carbocycles. The Morgan fingerprint density at radius 2 is 1.24 bits per heavy atom. The Bertz CT molecular complexity index is 821. The lowest BCUT2D eigenvalue weighted by atomic mass is 9.95. The van der Waals surface area contributed by atoms with Gasteiger partial charge in [0.05, 0.1) is 11.6 Å². The zero-order valence-electron chi connectivity index (χ0n) is 14.3. The molecular formula is C23H21ClO. The van der Waals surface area contributed by atoms with Gasteiger partial charge in [0.2, 0.25) is 0 Å². The van der Waals surface area contributed by atoms with Gasteiger partial charge in [0.25, 0.3) is 0 Å². The van der Waals surface area contributed by atoms with Crippen LogP contribution in [0.4, 0.5) is 0 Å². The molecule has 3 aromatic carbocycles. The van der Waals surface area contributed by atoms with Crippen LogP contribution in [0.25, 0.3) is 10.6 Å². The predicted octanol–water partition coefficient (Wildman–Crippen LogP) is 6.63. The number of benzene rings is 3. The van der Waals surface area contributed by atoms with Gasteiger partial charge < -0.3 is 4.74 Å². The van der Waals surface area contributed by atoms with E-state index in [1.165, 1.54) is 0 Å². The second kappa shape index (κ2) is 8.55. The van der Waals surface area contributed by atoms with Crippen LogP contribution in [0, 0.1) is 0 Å². The number of rotatable bonds is 6. The standard InChI is InChI=1S/C23H21ClO/c1-2-17-25-21-15-13-19(14-16-21)22(18-9-5-3-6-10-18)23(24)20-11-7-4-8-12-20/h3-16H,2,17H2,1H3/b23-22+. The molecule has 0 aromatic heterocycles. The molecule has 0 saturated heterocycles. The first kappa shape index (κ1) is 17.3. The Kier molecular flexibility index (Phi) is 5.92. The van der Waals surface area contributed by atoms with Crippen molar-refractivity contribution in [3.05, 3.63) is 102 Å². The summed E-state index contributed by atoms with van der Waals surface area (Å²) >= 11 is 6.81. The third-order valence-electron chi connectivity index (χ3n) is 3.93. The average molecular weight is 349 g/mol. The van der Waals surface area contributed by atoms with E-state index in [2.05, 4.69) is 31.2 Å². The van der Waals surface area contributed by atoms with E-state index in [4.69, 9.17) is 16.3 Å². The fraction of sp³-hybridized carbons (Fsp3) is 0.130. The largest absolute Gasteiger partial charge is 0.494 e. The van der Waals surface area contributed by atoms with Crippen LogP contribution in [0.15, 0.2) is 84.9 Å². The molecule has 0 aliphatic heterocycles. The monoisotopic (exact) mass is 348 g/mol. The molecule has 3 rings (SSSR count). The van der Waals surface area contributed by atoms with Gasteiger partial charge in [-0.3, -0.25) is 0 Å². The second-order valence-corrected chi connectivity index (χ2v) is 6.17. The van der Waals surface area contributed by atoms with Gasteiger partial charge >= 0.3 is 0 Å². The van der Waals surface area contributed by atoms with Crippen molar-refractivity contribution in [3.63, 3.8) is 0 Å². The Labute approximate surface area is 154 Å². The molecule has 0 fully saturated rings. The first-order valence-electron chi connectivity index (χ1n) is 8.53. The molecular weight excluding hydrogens is 328 g/mol. The topological polar surface area (TPSA) is 9.23 Å². The zero-order chi connectivity index (χ0) is 17.5. The molecule has 126 valence electrons. The van der Waals surface area contributed by atoms with Gasteiger partial charge in [-0.2, -0.15) is 0 Å². The summed E-state index contributed by atoms with van der Waals surface area (Å²) in [5.74, 6) is 0.883. The van der Waals surface area contributed by atoms with E-state index in [0.717, 1.165) is 46.1 Å². The van der Waals surface area contributed by atoms with Crippen LogP contribution in [0.3, 0.4) is 0 Å². The summed E-state index contributed by atoms with van der Waals surface area (Å²) in [5.41, 5.74) is 4.20. The molecule has 0 atom stereocenters. The Balaban J connectivity index is 2.06. The molecule has 3 aromatic rings. The highest BCUT2D eigenvalue weighted by Gasteiger charge is 2.12. The SMILES string of the molecule is CCCOc1ccc(/C(=C(/Cl)c2ccccc2)c2ccccc2)cc1. The molecule has 25 heavy (non-hydrogen) atoms. The van der Waals surface area contributed by atoms with Gasteiger partial charge in [-0.05, 0) is 35.2 Å². The minimum Gasteiger partial charge on any atom is -0.494 e. The molecule has 1 nitrogen and oxygen atoms in total. The molecule has 2 heteroatoms. The van der Waals surface area contributed by atoms with Crippen LogP contribution >= 0.6 is 11.6 Å². The third-order valence-corrected chi connectivity index (χ3v) is 4.33. The molecule has 0 saturated carbocycles. The van der Waals surface area contributed by atoms with Gasteiger partial charge in [-0.25, -0.2) is 0 Å². The first-order chi connectivity index (χ1) is 12.3. The van der Waals surface area contributed by atoms with Crippen LogP contribution in [0.1, 0.15) is 30.0 Å². The van der Waals surface area contributed by atoms with E-state index in [-0.39, 0.29) is 0 Å². The molecule has 0 heterocycles. The molecule has 0 aliphatic rings. The van der Waals surface area contributed by atoms with Gasteiger partial charge in [0, 0.05) is 5.57 Å². The van der Waals surface area contributed by atoms with E-state index in [1.54, 1.807) is 0 Å². The zero-order valence-corrected chi connectivity index (χ0v) is 15.0. The van der Waals surface area contributed by atoms with E-state index < -0.39 is 0 Å². The Morgan fingerprint density at radius 1 is 0.720 bits per heavy atom. The van der Waals surface area contributed by atoms with Crippen molar-refractivity contribution >= 4 is 22.2 Å². The second-order valence-electron chi connectivity index (χ2n) is 5.79. The van der Waals surface area contributed by atoms with E-state index in [9.17, 15) is 0 Å². The quantitative estimate of drug-likeness (QED) is 0.454. The highest BCUT2D eigenvalue weighted by molar-refractivity contribution is 6.53. The van der Waals surface area contributed by atoms with Crippen molar-refractivity contribution < 1.29 is 4.74 Å². The average Bonchev–Trinajstić information content (AvgIpc) is 2.69. The molecule has 0 bridgehead atoms. The lowest BCUT2D eigenvalue weighted by Crippen LogP contribution is -1.96. The van der Waals surface area contributed by atoms with Gasteiger partial charge in [0.15, 0.2) is 0 Å². The van der Waals surface area contributed by atoms with Crippen LogP contribution in [-0.2, 0) is 0 Å². The maximum absolute atomic E-state index is 6.81. The van der Waals surface area contributed by atoms with Crippen molar-refractivity contribution in [1.82, 2.24) is 0 Å². The molecule has 0 spiro atoms. The van der Waals surface area contributed by atoms with E-state index in [1.807, 2.05) is 60.7 Å². The van der Waals surface area contributed by atoms with E-state index in [0.29, 0.717) is 0 Å². The lowest BCUT2D eigenvalue weighted by molar-refractivity contribution is 0.317. The van der Waals surface area contributed by atoms with Gasteiger partial charge in [-0.1, -0.05) is 91.3 Å². The van der Waals surface area contributed by atoms with Crippen LogP contribution < -0.4 is 4.74 Å². The van der Waals surface area contributed by atoms with Crippen LogP contribution in [-0.4, -0.2) is 6.61 Å².